The number of carbonyl (C=O) groups is 2. The van der Waals surface area contributed by atoms with Crippen molar-refractivity contribution in [2.45, 2.75) is 32.2 Å². The molecule has 1 aliphatic rings. The molecule has 5 nitrogen and oxygen atoms in total. The SMILES string of the molecule is CCN(CC)C(=O)c1cccc(NC(=O)C2CC(F)(F)CN2)c1. The van der Waals surface area contributed by atoms with E-state index in [4.69, 9.17) is 0 Å². The molecule has 0 aliphatic carbocycles. The molecule has 0 saturated carbocycles. The zero-order chi connectivity index (χ0) is 17.0. The highest BCUT2D eigenvalue weighted by molar-refractivity contribution is 5.98. The number of rotatable bonds is 5. The third-order valence-electron chi connectivity index (χ3n) is 3.85. The summed E-state index contributed by atoms with van der Waals surface area (Å²) in [6.45, 7) is 4.46. The van der Waals surface area contributed by atoms with Crippen LogP contribution in [0.2, 0.25) is 0 Å². The summed E-state index contributed by atoms with van der Waals surface area (Å²) in [6, 6.07) is 5.59. The lowest BCUT2D eigenvalue weighted by molar-refractivity contribution is -0.118. The van der Waals surface area contributed by atoms with Crippen molar-refractivity contribution in [2.75, 3.05) is 25.0 Å². The predicted octanol–water partition coefficient (Wildman–Crippen LogP) is 2.10. The second-order valence-electron chi connectivity index (χ2n) is 5.54. The van der Waals surface area contributed by atoms with Gasteiger partial charge in [0.25, 0.3) is 11.8 Å². The van der Waals surface area contributed by atoms with E-state index in [9.17, 15) is 18.4 Å². The standard InChI is InChI=1S/C16H21F2N3O2/c1-3-21(4-2)15(23)11-6-5-7-12(8-11)20-14(22)13-9-16(17,18)10-19-13/h5-8,13,19H,3-4,9-10H2,1-2H3,(H,20,22). The number of hydrogen-bond donors (Lipinski definition) is 2. The van der Waals surface area contributed by atoms with Crippen LogP contribution in [0.3, 0.4) is 0 Å². The molecule has 1 unspecified atom stereocenters. The van der Waals surface area contributed by atoms with E-state index in [0.29, 0.717) is 24.3 Å². The molecular formula is C16H21F2N3O2. The number of nitrogens with one attached hydrogen (secondary N) is 2. The van der Waals surface area contributed by atoms with Crippen LogP contribution in [0.25, 0.3) is 0 Å². The highest BCUT2D eigenvalue weighted by Gasteiger charge is 2.42. The Morgan fingerprint density at radius 2 is 2.04 bits per heavy atom. The van der Waals surface area contributed by atoms with Gasteiger partial charge in [-0.15, -0.1) is 0 Å². The van der Waals surface area contributed by atoms with Crippen LogP contribution in [0.4, 0.5) is 14.5 Å². The molecular weight excluding hydrogens is 304 g/mol. The van der Waals surface area contributed by atoms with Crippen molar-refractivity contribution in [3.63, 3.8) is 0 Å². The maximum atomic E-state index is 13.1. The minimum atomic E-state index is -2.86. The van der Waals surface area contributed by atoms with Crippen LogP contribution in [-0.2, 0) is 4.79 Å². The molecule has 1 saturated heterocycles. The number of alkyl halides is 2. The van der Waals surface area contributed by atoms with Crippen molar-refractivity contribution in [3.8, 4) is 0 Å². The molecule has 0 bridgehead atoms. The van der Waals surface area contributed by atoms with Gasteiger partial charge in [-0.05, 0) is 32.0 Å². The van der Waals surface area contributed by atoms with Crippen LogP contribution in [0.5, 0.6) is 0 Å². The Labute approximate surface area is 134 Å². The van der Waals surface area contributed by atoms with Gasteiger partial charge in [-0.3, -0.25) is 14.9 Å². The Balaban J connectivity index is 2.05. The van der Waals surface area contributed by atoms with Crippen LogP contribution >= 0.6 is 0 Å². The first-order valence-corrected chi connectivity index (χ1v) is 7.67. The number of anilines is 1. The molecule has 7 heteroatoms. The van der Waals surface area contributed by atoms with E-state index in [1.165, 1.54) is 0 Å². The van der Waals surface area contributed by atoms with Gasteiger partial charge in [-0.1, -0.05) is 6.07 Å². The van der Waals surface area contributed by atoms with Gasteiger partial charge in [0.2, 0.25) is 5.91 Å². The summed E-state index contributed by atoms with van der Waals surface area (Å²) >= 11 is 0. The largest absolute Gasteiger partial charge is 0.339 e. The quantitative estimate of drug-likeness (QED) is 0.871. The Morgan fingerprint density at radius 1 is 1.35 bits per heavy atom. The molecule has 2 rings (SSSR count). The highest BCUT2D eigenvalue weighted by Crippen LogP contribution is 2.25. The van der Waals surface area contributed by atoms with E-state index in [1.54, 1.807) is 29.2 Å². The van der Waals surface area contributed by atoms with Gasteiger partial charge < -0.3 is 10.2 Å². The molecule has 0 radical (unpaired) electrons. The van der Waals surface area contributed by atoms with E-state index >= 15 is 0 Å². The topological polar surface area (TPSA) is 61.4 Å². The Bertz CT molecular complexity index is 588. The summed E-state index contributed by atoms with van der Waals surface area (Å²) in [6.07, 6.45) is -0.517. The summed E-state index contributed by atoms with van der Waals surface area (Å²) in [7, 11) is 0. The number of nitrogens with zero attached hydrogens (tertiary/aromatic N) is 1. The maximum Gasteiger partial charge on any atom is 0.262 e. The van der Waals surface area contributed by atoms with Crippen LogP contribution in [0.1, 0.15) is 30.6 Å². The molecule has 2 N–H and O–H groups in total. The summed E-state index contributed by atoms with van der Waals surface area (Å²) in [5, 5.41) is 5.09. The monoisotopic (exact) mass is 325 g/mol. The zero-order valence-electron chi connectivity index (χ0n) is 13.2. The molecule has 0 spiro atoms. The summed E-state index contributed by atoms with van der Waals surface area (Å²) in [4.78, 5) is 26.0. The van der Waals surface area contributed by atoms with E-state index in [2.05, 4.69) is 10.6 Å². The highest BCUT2D eigenvalue weighted by atomic mass is 19.3. The van der Waals surface area contributed by atoms with Gasteiger partial charge in [-0.25, -0.2) is 8.78 Å². The lowest BCUT2D eigenvalue weighted by Crippen LogP contribution is -2.35. The fourth-order valence-electron chi connectivity index (χ4n) is 2.55. The number of hydrogen-bond acceptors (Lipinski definition) is 3. The van der Waals surface area contributed by atoms with Crippen molar-refractivity contribution in [3.05, 3.63) is 29.8 Å². The average Bonchev–Trinajstić information content (AvgIpc) is 2.89. The molecule has 1 aromatic carbocycles. The second-order valence-corrected chi connectivity index (χ2v) is 5.54. The smallest absolute Gasteiger partial charge is 0.262 e. The van der Waals surface area contributed by atoms with Gasteiger partial charge >= 0.3 is 0 Å². The minimum absolute atomic E-state index is 0.128. The number of carbonyl (C=O) groups excluding carboxylic acids is 2. The normalized spacial score (nSPS) is 19.4. The Morgan fingerprint density at radius 3 is 2.61 bits per heavy atom. The van der Waals surface area contributed by atoms with Gasteiger partial charge in [0.05, 0.1) is 12.6 Å². The van der Waals surface area contributed by atoms with Crippen LogP contribution in [-0.4, -0.2) is 48.3 Å². The maximum absolute atomic E-state index is 13.1. The molecule has 126 valence electrons. The van der Waals surface area contributed by atoms with E-state index in [0.717, 1.165) is 0 Å². The number of benzene rings is 1. The molecule has 1 aliphatic heterocycles. The fraction of sp³-hybridized carbons (Fsp3) is 0.500. The summed E-state index contributed by atoms with van der Waals surface area (Å²) in [5.41, 5.74) is 0.876. The van der Waals surface area contributed by atoms with Crippen molar-refractivity contribution in [1.82, 2.24) is 10.2 Å². The van der Waals surface area contributed by atoms with Crippen LogP contribution in [0, 0.1) is 0 Å². The van der Waals surface area contributed by atoms with E-state index < -0.39 is 30.8 Å². The van der Waals surface area contributed by atoms with Crippen molar-refractivity contribution in [1.29, 1.82) is 0 Å². The first-order valence-electron chi connectivity index (χ1n) is 7.67. The fourth-order valence-corrected chi connectivity index (χ4v) is 2.55. The zero-order valence-corrected chi connectivity index (χ0v) is 13.2. The lowest BCUT2D eigenvalue weighted by Gasteiger charge is -2.19. The van der Waals surface area contributed by atoms with Crippen LogP contribution < -0.4 is 10.6 Å². The third kappa shape index (κ3) is 4.25. The summed E-state index contributed by atoms with van der Waals surface area (Å²) in [5.74, 6) is -3.51. The van der Waals surface area contributed by atoms with Gasteiger partial charge in [0.1, 0.15) is 0 Å². The molecule has 1 heterocycles. The third-order valence-corrected chi connectivity index (χ3v) is 3.85. The second kappa shape index (κ2) is 7.04. The predicted molar refractivity (Wildman–Crippen MR) is 83.7 cm³/mol. The summed E-state index contributed by atoms with van der Waals surface area (Å²) < 4.78 is 26.3. The van der Waals surface area contributed by atoms with Crippen LogP contribution in [0.15, 0.2) is 24.3 Å². The average molecular weight is 325 g/mol. The lowest BCUT2D eigenvalue weighted by atomic mass is 10.1. The van der Waals surface area contributed by atoms with E-state index in [1.807, 2.05) is 13.8 Å². The Kier molecular flexibility index (Phi) is 5.30. The van der Waals surface area contributed by atoms with Crippen molar-refractivity contribution >= 4 is 17.5 Å². The first-order chi connectivity index (χ1) is 10.9. The number of amides is 2. The Hall–Kier alpha value is -2.02. The minimum Gasteiger partial charge on any atom is -0.339 e. The molecule has 1 aromatic rings. The molecule has 23 heavy (non-hydrogen) atoms. The van der Waals surface area contributed by atoms with Gasteiger partial charge in [-0.2, -0.15) is 0 Å². The molecule has 1 atom stereocenters. The molecule has 2 amide bonds. The van der Waals surface area contributed by atoms with Crippen molar-refractivity contribution in [2.24, 2.45) is 0 Å². The van der Waals surface area contributed by atoms with E-state index in [-0.39, 0.29) is 5.91 Å². The van der Waals surface area contributed by atoms with Crippen molar-refractivity contribution < 1.29 is 18.4 Å². The van der Waals surface area contributed by atoms with Gasteiger partial charge in [0.15, 0.2) is 0 Å². The first kappa shape index (κ1) is 17.3. The number of halogens is 2. The molecule has 1 fully saturated rings. The van der Waals surface area contributed by atoms with Gasteiger partial charge in [0, 0.05) is 30.8 Å². The molecule has 0 aromatic heterocycles.